The van der Waals surface area contributed by atoms with Crippen LogP contribution in [0.1, 0.15) is 11.1 Å². The molecule has 1 rings (SSSR count). The van der Waals surface area contributed by atoms with Gasteiger partial charge in [-0.25, -0.2) is 13.4 Å². The van der Waals surface area contributed by atoms with Crippen LogP contribution in [0.15, 0.2) is 24.3 Å². The third-order valence-corrected chi connectivity index (χ3v) is 3.50. The number of nitrogens with two attached hydrogens (primary N) is 1. The molecule has 0 unspecified atom stereocenters. The molecule has 0 fully saturated rings. The Morgan fingerprint density at radius 1 is 1.41 bits per heavy atom. The van der Waals surface area contributed by atoms with E-state index in [1.165, 1.54) is 5.01 Å². The van der Waals surface area contributed by atoms with Crippen molar-refractivity contribution in [2.24, 2.45) is 5.73 Å². The molecule has 17 heavy (non-hydrogen) atoms. The van der Waals surface area contributed by atoms with Crippen molar-refractivity contribution in [3.8, 4) is 0 Å². The number of rotatable bonds is 5. The molecule has 0 atom stereocenters. The molecule has 0 aromatic heterocycles. The van der Waals surface area contributed by atoms with Crippen molar-refractivity contribution in [3.63, 3.8) is 0 Å². The van der Waals surface area contributed by atoms with E-state index in [4.69, 9.17) is 18.0 Å². The maximum absolute atomic E-state index is 11.7. The van der Waals surface area contributed by atoms with Crippen LogP contribution < -0.4 is 10.6 Å². The zero-order chi connectivity index (χ0) is 13.1. The number of thiocarbonyl (C=S) groups is 1. The number of hydrazine groups is 1. The van der Waals surface area contributed by atoms with Crippen LogP contribution in [0.5, 0.6) is 0 Å². The van der Waals surface area contributed by atoms with Crippen LogP contribution in [-0.2, 0) is 15.8 Å². The molecular formula is C10H15N3O2S2. The van der Waals surface area contributed by atoms with Crippen molar-refractivity contribution < 1.29 is 8.42 Å². The Morgan fingerprint density at radius 3 is 2.53 bits per heavy atom. The van der Waals surface area contributed by atoms with Gasteiger partial charge in [-0.2, -0.15) is 0 Å². The highest BCUT2D eigenvalue weighted by atomic mass is 32.2. The van der Waals surface area contributed by atoms with E-state index in [2.05, 4.69) is 4.83 Å². The van der Waals surface area contributed by atoms with Gasteiger partial charge in [-0.15, -0.1) is 4.83 Å². The zero-order valence-electron chi connectivity index (χ0n) is 9.67. The predicted octanol–water partition coefficient (Wildman–Crippen LogP) is 0.217. The quantitative estimate of drug-likeness (QED) is 0.593. The third kappa shape index (κ3) is 4.39. The lowest BCUT2D eigenvalue weighted by atomic mass is 10.1. The van der Waals surface area contributed by atoms with Gasteiger partial charge in [0.05, 0.1) is 5.75 Å². The number of hydrogen-bond acceptors (Lipinski definition) is 4. The first-order chi connectivity index (χ1) is 7.82. The Hall–Kier alpha value is -1.02. The highest BCUT2D eigenvalue weighted by molar-refractivity contribution is 7.88. The Bertz CT molecular complexity index is 512. The van der Waals surface area contributed by atoms with Gasteiger partial charge >= 0.3 is 0 Å². The number of benzene rings is 1. The normalized spacial score (nSPS) is 11.7. The van der Waals surface area contributed by atoms with Gasteiger partial charge in [-0.3, -0.25) is 0 Å². The maximum Gasteiger partial charge on any atom is 0.228 e. The summed E-state index contributed by atoms with van der Waals surface area (Å²) in [6.45, 7) is 0. The molecular weight excluding hydrogens is 258 g/mol. The molecule has 0 amide bonds. The summed E-state index contributed by atoms with van der Waals surface area (Å²) in [7, 11) is -0.213. The molecule has 1 aromatic rings. The van der Waals surface area contributed by atoms with Crippen molar-refractivity contribution in [2.75, 3.05) is 14.1 Å². The average molecular weight is 273 g/mol. The highest BCUT2D eigenvalue weighted by Crippen LogP contribution is 2.12. The Kier molecular flexibility index (Phi) is 4.58. The first-order valence-corrected chi connectivity index (χ1v) is 6.93. The molecule has 0 aliphatic heterocycles. The van der Waals surface area contributed by atoms with E-state index < -0.39 is 10.0 Å². The summed E-state index contributed by atoms with van der Waals surface area (Å²) in [5.74, 6) is -0.154. The van der Waals surface area contributed by atoms with Gasteiger partial charge in [0.25, 0.3) is 0 Å². The first-order valence-electron chi connectivity index (χ1n) is 4.87. The smallest absolute Gasteiger partial charge is 0.228 e. The van der Waals surface area contributed by atoms with Gasteiger partial charge in [0, 0.05) is 19.7 Å². The minimum atomic E-state index is -3.43. The van der Waals surface area contributed by atoms with Gasteiger partial charge < -0.3 is 5.73 Å². The summed E-state index contributed by atoms with van der Waals surface area (Å²) in [4.78, 5) is 2.55. The number of nitrogens with one attached hydrogen (secondary N) is 1. The average Bonchev–Trinajstić information content (AvgIpc) is 2.14. The van der Waals surface area contributed by atoms with Gasteiger partial charge in [-0.1, -0.05) is 36.5 Å². The van der Waals surface area contributed by atoms with Crippen LogP contribution in [0.2, 0.25) is 0 Å². The minimum absolute atomic E-state index is 0.154. The lowest BCUT2D eigenvalue weighted by Crippen LogP contribution is -2.37. The van der Waals surface area contributed by atoms with E-state index in [1.54, 1.807) is 38.4 Å². The summed E-state index contributed by atoms with van der Waals surface area (Å²) in [6, 6.07) is 6.93. The molecule has 5 nitrogen and oxygen atoms in total. The number of nitrogens with zero attached hydrogens (tertiary/aromatic N) is 1. The summed E-state index contributed by atoms with van der Waals surface area (Å²) < 4.78 is 23.5. The van der Waals surface area contributed by atoms with Crippen molar-refractivity contribution in [1.29, 1.82) is 0 Å². The van der Waals surface area contributed by atoms with Crippen LogP contribution in [0.25, 0.3) is 0 Å². The fourth-order valence-corrected chi connectivity index (χ4v) is 2.88. The van der Waals surface area contributed by atoms with Crippen LogP contribution in [0, 0.1) is 0 Å². The fourth-order valence-electron chi connectivity index (χ4n) is 1.40. The second kappa shape index (κ2) is 5.54. The molecule has 0 aliphatic carbocycles. The van der Waals surface area contributed by atoms with Crippen molar-refractivity contribution >= 4 is 27.2 Å². The summed E-state index contributed by atoms with van der Waals surface area (Å²) in [5.41, 5.74) is 6.72. The predicted molar refractivity (Wildman–Crippen MR) is 71.8 cm³/mol. The molecule has 0 spiro atoms. The van der Waals surface area contributed by atoms with Crippen LogP contribution in [0.3, 0.4) is 0 Å². The first kappa shape index (κ1) is 14.0. The molecule has 94 valence electrons. The monoisotopic (exact) mass is 273 g/mol. The van der Waals surface area contributed by atoms with Crippen molar-refractivity contribution in [3.05, 3.63) is 35.4 Å². The zero-order valence-corrected chi connectivity index (χ0v) is 11.3. The summed E-state index contributed by atoms with van der Waals surface area (Å²) >= 11 is 4.88. The Balaban J connectivity index is 3.00. The summed E-state index contributed by atoms with van der Waals surface area (Å²) in [6.07, 6.45) is 0. The van der Waals surface area contributed by atoms with E-state index >= 15 is 0 Å². The van der Waals surface area contributed by atoms with E-state index in [0.29, 0.717) is 11.1 Å². The van der Waals surface area contributed by atoms with Crippen LogP contribution >= 0.6 is 12.2 Å². The molecule has 7 heteroatoms. The largest absolute Gasteiger partial charge is 0.389 e. The second-order valence-corrected chi connectivity index (χ2v) is 5.91. The topological polar surface area (TPSA) is 75.4 Å². The third-order valence-electron chi connectivity index (χ3n) is 1.95. The molecule has 0 saturated carbocycles. The van der Waals surface area contributed by atoms with Gasteiger partial charge in [0.2, 0.25) is 10.0 Å². The van der Waals surface area contributed by atoms with Crippen LogP contribution in [0.4, 0.5) is 0 Å². The molecule has 0 heterocycles. The van der Waals surface area contributed by atoms with E-state index in [9.17, 15) is 8.42 Å². The lowest BCUT2D eigenvalue weighted by Gasteiger charge is -2.14. The number of sulfonamides is 1. The number of hydrogen-bond donors (Lipinski definition) is 2. The van der Waals surface area contributed by atoms with Gasteiger partial charge in [0.15, 0.2) is 0 Å². The van der Waals surface area contributed by atoms with Crippen LogP contribution in [-0.4, -0.2) is 32.5 Å². The maximum atomic E-state index is 11.7. The molecule has 0 aliphatic rings. The molecule has 0 radical (unpaired) electrons. The Morgan fingerprint density at radius 2 is 2.00 bits per heavy atom. The SMILES string of the molecule is CN(C)NS(=O)(=O)Cc1ccccc1C(N)=S. The van der Waals surface area contributed by atoms with E-state index in [-0.39, 0.29) is 10.7 Å². The highest BCUT2D eigenvalue weighted by Gasteiger charge is 2.15. The minimum Gasteiger partial charge on any atom is -0.389 e. The summed E-state index contributed by atoms with van der Waals surface area (Å²) in [5, 5.41) is 1.37. The fraction of sp³-hybridized carbons (Fsp3) is 0.300. The Labute approximate surface area is 107 Å². The molecule has 3 N–H and O–H groups in total. The van der Waals surface area contributed by atoms with Crippen molar-refractivity contribution in [2.45, 2.75) is 5.75 Å². The van der Waals surface area contributed by atoms with E-state index in [1.807, 2.05) is 0 Å². The lowest BCUT2D eigenvalue weighted by molar-refractivity contribution is 0.363. The van der Waals surface area contributed by atoms with E-state index in [0.717, 1.165) is 0 Å². The van der Waals surface area contributed by atoms with Crippen molar-refractivity contribution in [1.82, 2.24) is 9.84 Å². The standard InChI is InChI=1S/C10H15N3O2S2/c1-13(2)12-17(14,15)7-8-5-3-4-6-9(8)10(11)16/h3-6,12H,7H2,1-2H3,(H2,11,16). The van der Waals surface area contributed by atoms with Gasteiger partial charge in [-0.05, 0) is 5.56 Å². The van der Waals surface area contributed by atoms with Gasteiger partial charge in [0.1, 0.15) is 4.99 Å². The molecule has 0 bridgehead atoms. The molecule has 0 saturated heterocycles. The second-order valence-electron chi connectivity index (χ2n) is 3.77. The molecule has 1 aromatic carbocycles.